The van der Waals surface area contributed by atoms with Crippen molar-refractivity contribution in [1.82, 2.24) is 4.98 Å². The summed E-state index contributed by atoms with van der Waals surface area (Å²) >= 11 is 0. The summed E-state index contributed by atoms with van der Waals surface area (Å²) in [5, 5.41) is 19.7. The zero-order valence-electron chi connectivity index (χ0n) is 16.9. The minimum absolute atomic E-state index is 0.0833. The van der Waals surface area contributed by atoms with Gasteiger partial charge in [-0.25, -0.2) is 14.2 Å². The standard InChI is InChI=1S/C24H17FN2O5/c1-15-5-7-18(30-12-16-6-8-21-22(9-16)31-14-27-21)11-20(15)24(13-26,23(28)29)32-19-4-2-3-17(25)10-19/h2-11,14H,12H2,1H3,(H,28,29). The van der Waals surface area contributed by atoms with Crippen LogP contribution in [0.25, 0.3) is 11.1 Å². The van der Waals surface area contributed by atoms with E-state index in [4.69, 9.17) is 13.9 Å². The highest BCUT2D eigenvalue weighted by atomic mass is 19.1. The number of aromatic nitrogens is 1. The van der Waals surface area contributed by atoms with Crippen LogP contribution in [0.4, 0.5) is 4.39 Å². The Balaban J connectivity index is 1.65. The largest absolute Gasteiger partial charge is 0.489 e. The molecule has 1 N–H and O–H groups in total. The van der Waals surface area contributed by atoms with E-state index in [1.807, 2.05) is 6.07 Å². The van der Waals surface area contributed by atoms with Gasteiger partial charge in [0.2, 0.25) is 0 Å². The van der Waals surface area contributed by atoms with Gasteiger partial charge in [0.05, 0.1) is 0 Å². The first-order valence-electron chi connectivity index (χ1n) is 9.56. The summed E-state index contributed by atoms with van der Waals surface area (Å²) in [6, 6.07) is 16.9. The Hall–Kier alpha value is -4.38. The lowest BCUT2D eigenvalue weighted by Gasteiger charge is -2.26. The van der Waals surface area contributed by atoms with E-state index in [0.29, 0.717) is 16.9 Å². The topological polar surface area (TPSA) is 106 Å². The first-order valence-corrected chi connectivity index (χ1v) is 9.56. The smallest absolute Gasteiger partial charge is 0.368 e. The van der Waals surface area contributed by atoms with Crippen LogP contribution in [0.3, 0.4) is 0 Å². The molecule has 1 atom stereocenters. The second kappa shape index (κ2) is 8.40. The number of carbonyl (C=O) groups is 1. The molecule has 4 aromatic rings. The predicted octanol–water partition coefficient (Wildman–Crippen LogP) is 4.74. The molecule has 1 heterocycles. The number of rotatable bonds is 7. The summed E-state index contributed by atoms with van der Waals surface area (Å²) in [5.74, 6) is -1.88. The third-order valence-electron chi connectivity index (χ3n) is 4.92. The number of aryl methyl sites for hydroxylation is 1. The van der Waals surface area contributed by atoms with E-state index in [2.05, 4.69) is 4.98 Å². The molecule has 0 spiro atoms. The van der Waals surface area contributed by atoms with E-state index < -0.39 is 17.4 Å². The molecular weight excluding hydrogens is 415 g/mol. The molecule has 32 heavy (non-hydrogen) atoms. The molecule has 0 aliphatic heterocycles. The Morgan fingerprint density at radius 3 is 2.78 bits per heavy atom. The van der Waals surface area contributed by atoms with Crippen molar-refractivity contribution in [1.29, 1.82) is 5.26 Å². The van der Waals surface area contributed by atoms with Gasteiger partial charge in [-0.15, -0.1) is 0 Å². The van der Waals surface area contributed by atoms with Crippen molar-refractivity contribution in [3.63, 3.8) is 0 Å². The maximum Gasteiger partial charge on any atom is 0.368 e. The van der Waals surface area contributed by atoms with Gasteiger partial charge >= 0.3 is 11.6 Å². The van der Waals surface area contributed by atoms with Crippen molar-refractivity contribution in [2.75, 3.05) is 0 Å². The van der Waals surface area contributed by atoms with Crippen molar-refractivity contribution in [3.8, 4) is 17.6 Å². The van der Waals surface area contributed by atoms with Gasteiger partial charge in [0.15, 0.2) is 12.0 Å². The van der Waals surface area contributed by atoms with Crippen molar-refractivity contribution >= 4 is 17.1 Å². The molecule has 160 valence electrons. The summed E-state index contributed by atoms with van der Waals surface area (Å²) < 4.78 is 30.2. The highest BCUT2D eigenvalue weighted by Gasteiger charge is 2.45. The molecular formula is C24H17FN2O5. The Morgan fingerprint density at radius 2 is 2.03 bits per heavy atom. The fourth-order valence-electron chi connectivity index (χ4n) is 3.28. The van der Waals surface area contributed by atoms with Crippen LogP contribution < -0.4 is 9.47 Å². The average molecular weight is 432 g/mol. The lowest BCUT2D eigenvalue weighted by molar-refractivity contribution is -0.151. The number of ether oxygens (including phenoxy) is 2. The van der Waals surface area contributed by atoms with E-state index in [9.17, 15) is 19.6 Å². The van der Waals surface area contributed by atoms with Crippen LogP contribution in [-0.2, 0) is 17.0 Å². The summed E-state index contributed by atoms with van der Waals surface area (Å²) in [4.78, 5) is 16.2. The van der Waals surface area contributed by atoms with Crippen molar-refractivity contribution in [2.24, 2.45) is 0 Å². The van der Waals surface area contributed by atoms with Gasteiger partial charge in [0.25, 0.3) is 0 Å². The lowest BCUT2D eigenvalue weighted by Crippen LogP contribution is -2.41. The monoisotopic (exact) mass is 432 g/mol. The van der Waals surface area contributed by atoms with E-state index in [0.717, 1.165) is 17.1 Å². The Labute approximate surface area is 182 Å². The van der Waals surface area contributed by atoms with Gasteiger partial charge in [-0.3, -0.25) is 0 Å². The zero-order chi connectivity index (χ0) is 22.7. The van der Waals surface area contributed by atoms with Gasteiger partial charge in [-0.1, -0.05) is 18.2 Å². The first kappa shape index (κ1) is 20.9. The molecule has 0 amide bonds. The minimum atomic E-state index is -2.39. The van der Waals surface area contributed by atoms with Crippen LogP contribution >= 0.6 is 0 Å². The minimum Gasteiger partial charge on any atom is -0.489 e. The number of nitrogens with zero attached hydrogens (tertiary/aromatic N) is 2. The number of halogens is 1. The quantitative estimate of drug-likeness (QED) is 0.450. The average Bonchev–Trinajstić information content (AvgIpc) is 3.25. The number of oxazole rings is 1. The van der Waals surface area contributed by atoms with Gasteiger partial charge in [-0.2, -0.15) is 5.26 Å². The van der Waals surface area contributed by atoms with Crippen LogP contribution in [0.2, 0.25) is 0 Å². The van der Waals surface area contributed by atoms with Crippen LogP contribution in [0, 0.1) is 24.1 Å². The molecule has 1 unspecified atom stereocenters. The van der Waals surface area contributed by atoms with Gasteiger partial charge in [0.1, 0.15) is 35.5 Å². The van der Waals surface area contributed by atoms with Crippen LogP contribution in [0.5, 0.6) is 11.5 Å². The van der Waals surface area contributed by atoms with E-state index in [1.54, 1.807) is 37.3 Å². The SMILES string of the molecule is Cc1ccc(OCc2ccc3ncoc3c2)cc1C(C#N)(Oc1cccc(F)c1)C(=O)O. The fraction of sp³-hybridized carbons (Fsp3) is 0.125. The molecule has 1 aromatic heterocycles. The number of benzene rings is 3. The number of aliphatic carboxylic acids is 1. The third kappa shape index (κ3) is 3.96. The third-order valence-corrected chi connectivity index (χ3v) is 4.92. The molecule has 0 saturated heterocycles. The van der Waals surface area contributed by atoms with Crippen molar-refractivity contribution in [3.05, 3.63) is 89.6 Å². The van der Waals surface area contributed by atoms with E-state index in [1.165, 1.54) is 30.7 Å². The Kier molecular flexibility index (Phi) is 5.48. The van der Waals surface area contributed by atoms with Crippen LogP contribution in [0.15, 0.2) is 71.5 Å². The molecule has 8 heteroatoms. The molecule has 0 aliphatic carbocycles. The fourth-order valence-corrected chi connectivity index (χ4v) is 3.28. The van der Waals surface area contributed by atoms with Crippen molar-refractivity contribution in [2.45, 2.75) is 19.1 Å². The van der Waals surface area contributed by atoms with Gasteiger partial charge in [-0.05, 0) is 54.4 Å². The number of carboxylic acid groups (broad SMARTS) is 1. The number of carboxylic acids is 1. The predicted molar refractivity (Wildman–Crippen MR) is 111 cm³/mol. The van der Waals surface area contributed by atoms with E-state index in [-0.39, 0.29) is 17.9 Å². The molecule has 4 rings (SSSR count). The summed E-state index contributed by atoms with van der Waals surface area (Å²) in [7, 11) is 0. The second-order valence-electron chi connectivity index (χ2n) is 7.08. The maximum absolute atomic E-state index is 13.6. The molecule has 0 aliphatic rings. The number of fused-ring (bicyclic) bond motifs is 1. The summed E-state index contributed by atoms with van der Waals surface area (Å²) in [5.41, 5.74) is 0.350. The normalized spacial score (nSPS) is 12.7. The summed E-state index contributed by atoms with van der Waals surface area (Å²) in [6.45, 7) is 1.83. The Bertz CT molecular complexity index is 1340. The van der Waals surface area contributed by atoms with Gasteiger partial charge in [0, 0.05) is 11.6 Å². The molecule has 0 saturated carbocycles. The second-order valence-corrected chi connectivity index (χ2v) is 7.08. The van der Waals surface area contributed by atoms with Crippen LogP contribution in [0.1, 0.15) is 16.7 Å². The van der Waals surface area contributed by atoms with E-state index >= 15 is 0 Å². The van der Waals surface area contributed by atoms with Crippen LogP contribution in [-0.4, -0.2) is 16.1 Å². The zero-order valence-corrected chi connectivity index (χ0v) is 16.9. The van der Waals surface area contributed by atoms with Crippen molar-refractivity contribution < 1.29 is 28.2 Å². The number of nitriles is 1. The number of hydrogen-bond donors (Lipinski definition) is 1. The highest BCUT2D eigenvalue weighted by Crippen LogP contribution is 2.33. The number of hydrogen-bond acceptors (Lipinski definition) is 6. The highest BCUT2D eigenvalue weighted by molar-refractivity contribution is 5.84. The molecule has 0 fully saturated rings. The molecule has 7 nitrogen and oxygen atoms in total. The first-order chi connectivity index (χ1) is 15.4. The summed E-state index contributed by atoms with van der Waals surface area (Å²) in [6.07, 6.45) is 1.35. The molecule has 3 aromatic carbocycles. The maximum atomic E-state index is 13.6. The molecule has 0 bridgehead atoms. The van der Waals surface area contributed by atoms with Gasteiger partial charge < -0.3 is 19.0 Å². The Morgan fingerprint density at radius 1 is 1.19 bits per heavy atom. The molecule has 0 radical (unpaired) electrons. The lowest BCUT2D eigenvalue weighted by atomic mass is 9.90.